The van der Waals surface area contributed by atoms with Crippen molar-refractivity contribution in [1.82, 2.24) is 0 Å². The lowest BCUT2D eigenvalue weighted by molar-refractivity contribution is 1.44. The third-order valence-corrected chi connectivity index (χ3v) is 3.24. The van der Waals surface area contributed by atoms with E-state index in [0.717, 1.165) is 32.0 Å². The number of hydrogen-bond acceptors (Lipinski definition) is 0. The molecular weight excluding hydrogens is 204 g/mol. The zero-order valence-electron chi connectivity index (χ0n) is 9.02. The molecule has 0 amide bonds. The van der Waals surface area contributed by atoms with Crippen LogP contribution in [0.1, 0.15) is 11.1 Å². The minimum absolute atomic E-state index is 0.801. The third kappa shape index (κ3) is 1.46. The van der Waals surface area contributed by atoms with Crippen molar-refractivity contribution >= 4 is 35.5 Å². The first kappa shape index (κ1) is 10.3. The van der Waals surface area contributed by atoms with Gasteiger partial charge in [-0.05, 0) is 52.3 Å². The lowest BCUT2D eigenvalue weighted by Gasteiger charge is -2.09. The normalized spacial score (nSPS) is 10.9. The summed E-state index contributed by atoms with van der Waals surface area (Å²) in [6, 6.07) is 5.99. The number of hydrogen-bond donors (Lipinski definition) is 0. The van der Waals surface area contributed by atoms with Crippen molar-refractivity contribution in [2.24, 2.45) is 0 Å². The van der Waals surface area contributed by atoms with Crippen molar-refractivity contribution in [2.75, 3.05) is 0 Å². The fourth-order valence-electron chi connectivity index (χ4n) is 2.06. The highest BCUT2D eigenvalue weighted by Crippen LogP contribution is 2.24. The molecule has 0 saturated carbocycles. The Morgan fingerprint density at radius 2 is 1.53 bits per heavy atom. The Kier molecular flexibility index (Phi) is 2.32. The maximum absolute atomic E-state index is 6.17. The molecule has 0 spiro atoms. The molecule has 0 aliphatic carbocycles. The molecule has 0 aliphatic rings. The Morgan fingerprint density at radius 1 is 1.00 bits per heavy atom. The van der Waals surface area contributed by atoms with E-state index < -0.39 is 0 Å². The van der Waals surface area contributed by atoms with E-state index >= 15 is 0 Å². The smallest absolute Gasteiger partial charge is 0.0444 e. The third-order valence-electron chi connectivity index (χ3n) is 2.85. The Hall–Kier alpha value is -1.27. The molecule has 0 fully saturated rings. The number of aryl methyl sites for hydroxylation is 2. The van der Waals surface area contributed by atoms with Crippen molar-refractivity contribution in [1.29, 1.82) is 0 Å². The van der Waals surface area contributed by atoms with Gasteiger partial charge in [-0.25, -0.2) is 0 Å². The van der Waals surface area contributed by atoms with Crippen LogP contribution >= 0.6 is 11.6 Å². The van der Waals surface area contributed by atoms with E-state index in [9.17, 15) is 0 Å². The second kappa shape index (κ2) is 3.39. The molecule has 0 saturated heterocycles. The second-order valence-electron chi connectivity index (χ2n) is 3.93. The van der Waals surface area contributed by atoms with Crippen molar-refractivity contribution in [3.63, 3.8) is 0 Å². The van der Waals surface area contributed by atoms with Crippen LogP contribution in [0.4, 0.5) is 0 Å². The summed E-state index contributed by atoms with van der Waals surface area (Å²) in [5, 5.41) is 5.18. The van der Waals surface area contributed by atoms with Crippen LogP contribution in [0.2, 0.25) is 5.02 Å². The molecule has 76 valence electrons. The van der Waals surface area contributed by atoms with Crippen molar-refractivity contribution < 1.29 is 0 Å². The largest absolute Gasteiger partial charge is 0.0911 e. The maximum atomic E-state index is 6.17. The Balaban J connectivity index is 3.23. The molecule has 2 rings (SSSR count). The van der Waals surface area contributed by atoms with Crippen LogP contribution < -0.4 is 10.4 Å². The van der Waals surface area contributed by atoms with Crippen molar-refractivity contribution in [3.05, 3.63) is 44.8 Å². The first-order chi connectivity index (χ1) is 7.02. The molecule has 0 aliphatic heterocycles. The van der Waals surface area contributed by atoms with Gasteiger partial charge in [0.15, 0.2) is 0 Å². The fourth-order valence-corrected chi connectivity index (χ4v) is 2.32. The summed E-state index contributed by atoms with van der Waals surface area (Å²) in [7, 11) is 0. The number of rotatable bonds is 0. The number of halogens is 1. The van der Waals surface area contributed by atoms with Gasteiger partial charge in [-0.2, -0.15) is 0 Å². The standard InChI is InChI=1S/C14H13Cl/c1-8-5-6-9(2)14-11(4)12(15)7-10(3)13(8)14/h5-7H,1-2H2,3-4H3. The minimum Gasteiger partial charge on any atom is -0.0911 e. The van der Waals surface area contributed by atoms with Crippen LogP contribution in [0.3, 0.4) is 0 Å². The molecule has 2 aromatic carbocycles. The molecule has 0 aromatic heterocycles. The zero-order valence-corrected chi connectivity index (χ0v) is 9.78. The lowest BCUT2D eigenvalue weighted by atomic mass is 9.98. The molecule has 0 heterocycles. The first-order valence-corrected chi connectivity index (χ1v) is 5.26. The summed E-state index contributed by atoms with van der Waals surface area (Å²) in [5.41, 5.74) is 2.25. The predicted molar refractivity (Wildman–Crippen MR) is 68.7 cm³/mol. The molecule has 0 unspecified atom stereocenters. The van der Waals surface area contributed by atoms with Gasteiger partial charge in [0, 0.05) is 5.02 Å². The van der Waals surface area contributed by atoms with Gasteiger partial charge in [-0.15, -0.1) is 0 Å². The maximum Gasteiger partial charge on any atom is 0.0444 e. The van der Waals surface area contributed by atoms with Crippen LogP contribution in [0.25, 0.3) is 23.9 Å². The molecule has 0 radical (unpaired) electrons. The SMILES string of the molecule is C=c1ccc(=C)c2c(C)c(Cl)cc(C)c12. The molecule has 2 aromatic rings. The summed E-state index contributed by atoms with van der Waals surface area (Å²) in [5.74, 6) is 0. The van der Waals surface area contributed by atoms with Crippen molar-refractivity contribution in [3.8, 4) is 0 Å². The Morgan fingerprint density at radius 3 is 2.13 bits per heavy atom. The zero-order chi connectivity index (χ0) is 11.2. The molecule has 0 N–H and O–H groups in total. The molecule has 1 heteroatoms. The summed E-state index contributed by atoms with van der Waals surface area (Å²) >= 11 is 6.17. The van der Waals surface area contributed by atoms with Gasteiger partial charge in [-0.3, -0.25) is 0 Å². The predicted octanol–water partition coefficient (Wildman–Crippen LogP) is 2.93. The van der Waals surface area contributed by atoms with E-state index in [4.69, 9.17) is 11.6 Å². The quantitative estimate of drug-likeness (QED) is 0.635. The second-order valence-corrected chi connectivity index (χ2v) is 4.34. The molecule has 0 bridgehead atoms. The average Bonchev–Trinajstić information content (AvgIpc) is 2.18. The van der Waals surface area contributed by atoms with Gasteiger partial charge in [0.1, 0.15) is 0 Å². The van der Waals surface area contributed by atoms with Gasteiger partial charge in [0.05, 0.1) is 0 Å². The summed E-state index contributed by atoms with van der Waals surface area (Å²) < 4.78 is 0. The van der Waals surface area contributed by atoms with Crippen LogP contribution in [-0.4, -0.2) is 0 Å². The topological polar surface area (TPSA) is 0 Å². The van der Waals surface area contributed by atoms with Gasteiger partial charge in [0.25, 0.3) is 0 Å². The molecule has 15 heavy (non-hydrogen) atoms. The van der Waals surface area contributed by atoms with Gasteiger partial charge in [-0.1, -0.05) is 36.9 Å². The number of benzene rings is 2. The lowest BCUT2D eigenvalue weighted by Crippen LogP contribution is -2.11. The Labute approximate surface area is 94.5 Å². The first-order valence-electron chi connectivity index (χ1n) is 4.88. The summed E-state index contributed by atoms with van der Waals surface area (Å²) in [6.07, 6.45) is 0. The minimum atomic E-state index is 0.801. The van der Waals surface area contributed by atoms with E-state index in [2.05, 4.69) is 20.1 Å². The van der Waals surface area contributed by atoms with E-state index in [1.54, 1.807) is 0 Å². The van der Waals surface area contributed by atoms with Crippen LogP contribution in [0.15, 0.2) is 18.2 Å². The van der Waals surface area contributed by atoms with E-state index in [1.165, 1.54) is 5.39 Å². The van der Waals surface area contributed by atoms with Crippen molar-refractivity contribution in [2.45, 2.75) is 13.8 Å². The Bertz CT molecular complexity index is 639. The highest BCUT2D eigenvalue weighted by Gasteiger charge is 2.06. The van der Waals surface area contributed by atoms with Crippen LogP contribution in [0, 0.1) is 13.8 Å². The highest BCUT2D eigenvalue weighted by molar-refractivity contribution is 6.32. The highest BCUT2D eigenvalue weighted by atomic mass is 35.5. The van der Waals surface area contributed by atoms with E-state index in [1.807, 2.05) is 25.1 Å². The van der Waals surface area contributed by atoms with Crippen LogP contribution in [0.5, 0.6) is 0 Å². The van der Waals surface area contributed by atoms with E-state index in [-0.39, 0.29) is 0 Å². The van der Waals surface area contributed by atoms with Gasteiger partial charge < -0.3 is 0 Å². The van der Waals surface area contributed by atoms with Crippen LogP contribution in [-0.2, 0) is 0 Å². The molecule has 0 atom stereocenters. The average molecular weight is 217 g/mol. The summed E-state index contributed by atoms with van der Waals surface area (Å²) in [6.45, 7) is 12.2. The van der Waals surface area contributed by atoms with E-state index in [0.29, 0.717) is 0 Å². The number of fused-ring (bicyclic) bond motifs is 1. The molecular formula is C14H13Cl. The van der Waals surface area contributed by atoms with Gasteiger partial charge in [0.2, 0.25) is 0 Å². The van der Waals surface area contributed by atoms with Gasteiger partial charge >= 0.3 is 0 Å². The summed E-state index contributed by atoms with van der Waals surface area (Å²) in [4.78, 5) is 0. The molecule has 0 nitrogen and oxygen atoms in total. The fraction of sp³-hybridized carbons (Fsp3) is 0.143. The monoisotopic (exact) mass is 216 g/mol.